The zero-order valence-electron chi connectivity index (χ0n) is 16.2. The molecule has 0 aliphatic carbocycles. The van der Waals surface area contributed by atoms with E-state index in [9.17, 15) is 13.2 Å². The maximum Gasteiger partial charge on any atom is 0.421 e. The summed E-state index contributed by atoms with van der Waals surface area (Å²) < 4.78 is 45.7. The summed E-state index contributed by atoms with van der Waals surface area (Å²) in [6.45, 7) is 5.74. The van der Waals surface area contributed by atoms with Crippen molar-refractivity contribution in [1.29, 1.82) is 0 Å². The Morgan fingerprint density at radius 3 is 2.07 bits per heavy atom. The van der Waals surface area contributed by atoms with Crippen molar-refractivity contribution in [2.75, 3.05) is 10.6 Å². The second-order valence-electron chi connectivity index (χ2n) is 6.76. The molecule has 3 rings (SSSR count). The fourth-order valence-corrected chi connectivity index (χ4v) is 2.54. The summed E-state index contributed by atoms with van der Waals surface area (Å²) in [7, 11) is 0. The molecule has 2 aromatic carbocycles. The SMILES string of the molecule is Cc1ccc(Nc2nc(Nc3ccc(OC(C)C)cc3)ncc2C(F)(F)F)cc1. The van der Waals surface area contributed by atoms with E-state index in [-0.39, 0.29) is 17.9 Å². The normalized spacial score (nSPS) is 11.4. The Bertz CT molecular complexity index is 955. The first-order valence-corrected chi connectivity index (χ1v) is 9.02. The molecule has 0 unspecified atom stereocenters. The molecule has 0 spiro atoms. The van der Waals surface area contributed by atoms with Gasteiger partial charge >= 0.3 is 6.18 Å². The van der Waals surface area contributed by atoms with Gasteiger partial charge in [-0.05, 0) is 57.2 Å². The fraction of sp³-hybridized carbons (Fsp3) is 0.238. The van der Waals surface area contributed by atoms with Gasteiger partial charge in [0, 0.05) is 17.6 Å². The van der Waals surface area contributed by atoms with Crippen molar-refractivity contribution < 1.29 is 17.9 Å². The molecule has 0 saturated heterocycles. The number of benzene rings is 2. The number of nitrogens with zero attached hydrogens (tertiary/aromatic N) is 2. The second-order valence-corrected chi connectivity index (χ2v) is 6.76. The molecule has 8 heteroatoms. The summed E-state index contributed by atoms with van der Waals surface area (Å²) in [4.78, 5) is 7.85. The molecule has 0 aliphatic rings. The van der Waals surface area contributed by atoms with Gasteiger partial charge in [0.2, 0.25) is 5.95 Å². The molecule has 1 heterocycles. The highest BCUT2D eigenvalue weighted by Gasteiger charge is 2.35. The van der Waals surface area contributed by atoms with E-state index in [0.29, 0.717) is 17.1 Å². The van der Waals surface area contributed by atoms with Crippen LogP contribution < -0.4 is 15.4 Å². The largest absolute Gasteiger partial charge is 0.491 e. The third-order valence-corrected chi connectivity index (χ3v) is 3.89. The molecular weight excluding hydrogens is 381 g/mol. The van der Waals surface area contributed by atoms with Crippen LogP contribution in [-0.2, 0) is 6.18 Å². The molecule has 0 saturated carbocycles. The van der Waals surface area contributed by atoms with E-state index in [0.717, 1.165) is 11.8 Å². The summed E-state index contributed by atoms with van der Waals surface area (Å²) in [6.07, 6.45) is -3.77. The highest BCUT2D eigenvalue weighted by Crippen LogP contribution is 2.35. The van der Waals surface area contributed by atoms with Crippen LogP contribution in [0.4, 0.5) is 36.3 Å². The zero-order valence-corrected chi connectivity index (χ0v) is 16.2. The molecule has 0 amide bonds. The number of alkyl halides is 3. The van der Waals surface area contributed by atoms with E-state index in [1.54, 1.807) is 48.5 Å². The number of aryl methyl sites for hydroxylation is 1. The Hall–Kier alpha value is -3.29. The molecule has 2 N–H and O–H groups in total. The molecule has 3 aromatic rings. The van der Waals surface area contributed by atoms with E-state index in [1.165, 1.54) is 0 Å². The first-order chi connectivity index (χ1) is 13.7. The van der Waals surface area contributed by atoms with Crippen molar-refractivity contribution in [3.8, 4) is 5.75 Å². The van der Waals surface area contributed by atoms with Crippen LogP contribution in [0.1, 0.15) is 25.0 Å². The van der Waals surface area contributed by atoms with E-state index in [2.05, 4.69) is 20.6 Å². The van der Waals surface area contributed by atoms with Crippen LogP contribution >= 0.6 is 0 Å². The van der Waals surface area contributed by atoms with E-state index in [1.807, 2.05) is 20.8 Å². The summed E-state index contributed by atoms with van der Waals surface area (Å²) in [5.41, 5.74) is 1.19. The number of hydrogen-bond acceptors (Lipinski definition) is 5. The Morgan fingerprint density at radius 1 is 0.897 bits per heavy atom. The van der Waals surface area contributed by atoms with Crippen LogP contribution in [0.25, 0.3) is 0 Å². The summed E-state index contributed by atoms with van der Waals surface area (Å²) >= 11 is 0. The number of rotatable bonds is 6. The van der Waals surface area contributed by atoms with Gasteiger partial charge < -0.3 is 15.4 Å². The van der Waals surface area contributed by atoms with Gasteiger partial charge in [0.05, 0.1) is 6.10 Å². The third-order valence-electron chi connectivity index (χ3n) is 3.89. The lowest BCUT2D eigenvalue weighted by Crippen LogP contribution is -2.12. The standard InChI is InChI=1S/C21H21F3N4O/c1-13(2)29-17-10-8-16(9-11-17)27-20-25-12-18(21(22,23)24)19(28-20)26-15-6-4-14(3)5-7-15/h4-13H,1-3H3,(H2,25,26,27,28). The predicted molar refractivity (Wildman–Crippen MR) is 107 cm³/mol. The lowest BCUT2D eigenvalue weighted by atomic mass is 10.2. The Labute approximate surface area is 167 Å². The zero-order chi connectivity index (χ0) is 21.0. The topological polar surface area (TPSA) is 59.1 Å². The van der Waals surface area contributed by atoms with Crippen LogP contribution in [0, 0.1) is 6.92 Å². The quantitative estimate of drug-likeness (QED) is 0.523. The molecule has 1 aromatic heterocycles. The van der Waals surface area contributed by atoms with E-state index < -0.39 is 11.7 Å². The van der Waals surface area contributed by atoms with Gasteiger partial charge in [-0.1, -0.05) is 17.7 Å². The van der Waals surface area contributed by atoms with Gasteiger partial charge in [-0.3, -0.25) is 0 Å². The molecule has 0 bridgehead atoms. The Balaban J connectivity index is 1.85. The second kappa shape index (κ2) is 8.38. The van der Waals surface area contributed by atoms with Gasteiger partial charge in [0.15, 0.2) is 0 Å². The van der Waals surface area contributed by atoms with Crippen molar-refractivity contribution in [2.45, 2.75) is 33.1 Å². The maximum absolute atomic E-state index is 13.4. The monoisotopic (exact) mass is 402 g/mol. The van der Waals surface area contributed by atoms with Crippen LogP contribution in [0.3, 0.4) is 0 Å². The van der Waals surface area contributed by atoms with Gasteiger partial charge in [-0.15, -0.1) is 0 Å². The Morgan fingerprint density at radius 2 is 1.48 bits per heavy atom. The van der Waals surface area contributed by atoms with Crippen LogP contribution in [0.2, 0.25) is 0 Å². The van der Waals surface area contributed by atoms with Crippen LogP contribution in [-0.4, -0.2) is 16.1 Å². The van der Waals surface area contributed by atoms with E-state index in [4.69, 9.17) is 4.74 Å². The first kappa shape index (κ1) is 20.4. The predicted octanol–water partition coefficient (Wildman–Crippen LogP) is 6.08. The summed E-state index contributed by atoms with van der Waals surface area (Å²) in [5, 5.41) is 5.65. The molecule has 0 fully saturated rings. The van der Waals surface area contributed by atoms with Crippen molar-refractivity contribution in [2.24, 2.45) is 0 Å². The van der Waals surface area contributed by atoms with Gasteiger partial charge in [-0.25, -0.2) is 4.98 Å². The molecule has 5 nitrogen and oxygen atoms in total. The molecular formula is C21H21F3N4O. The van der Waals surface area contributed by atoms with E-state index >= 15 is 0 Å². The fourth-order valence-electron chi connectivity index (χ4n) is 2.54. The minimum absolute atomic E-state index is 0.0439. The third kappa shape index (κ3) is 5.60. The van der Waals surface area contributed by atoms with Crippen molar-refractivity contribution in [3.63, 3.8) is 0 Å². The summed E-state index contributed by atoms with van der Waals surface area (Å²) in [6, 6.07) is 14.0. The van der Waals surface area contributed by atoms with Crippen LogP contribution in [0.5, 0.6) is 5.75 Å². The molecule has 29 heavy (non-hydrogen) atoms. The number of halogens is 3. The average Bonchev–Trinajstić information content (AvgIpc) is 2.64. The number of ether oxygens (including phenoxy) is 1. The molecule has 0 aliphatic heterocycles. The van der Waals surface area contributed by atoms with Crippen molar-refractivity contribution in [1.82, 2.24) is 9.97 Å². The van der Waals surface area contributed by atoms with Gasteiger partial charge in [0.1, 0.15) is 17.1 Å². The number of anilines is 4. The highest BCUT2D eigenvalue weighted by molar-refractivity contribution is 5.63. The number of hydrogen-bond donors (Lipinski definition) is 2. The number of aromatic nitrogens is 2. The number of nitrogens with one attached hydrogen (secondary N) is 2. The van der Waals surface area contributed by atoms with Gasteiger partial charge in [0.25, 0.3) is 0 Å². The maximum atomic E-state index is 13.4. The van der Waals surface area contributed by atoms with Crippen molar-refractivity contribution >= 4 is 23.1 Å². The minimum atomic E-state index is -4.58. The summed E-state index contributed by atoms with van der Waals surface area (Å²) in [5.74, 6) is 0.421. The molecule has 0 radical (unpaired) electrons. The molecule has 152 valence electrons. The van der Waals surface area contributed by atoms with Crippen LogP contribution in [0.15, 0.2) is 54.7 Å². The first-order valence-electron chi connectivity index (χ1n) is 9.02. The minimum Gasteiger partial charge on any atom is -0.491 e. The average molecular weight is 402 g/mol. The van der Waals surface area contributed by atoms with Gasteiger partial charge in [-0.2, -0.15) is 18.2 Å². The molecule has 0 atom stereocenters. The smallest absolute Gasteiger partial charge is 0.421 e. The lowest BCUT2D eigenvalue weighted by molar-refractivity contribution is -0.137. The highest BCUT2D eigenvalue weighted by atomic mass is 19.4. The lowest BCUT2D eigenvalue weighted by Gasteiger charge is -2.15. The van der Waals surface area contributed by atoms with Crippen molar-refractivity contribution in [3.05, 3.63) is 65.9 Å². The Kier molecular flexibility index (Phi) is 5.91.